The first kappa shape index (κ1) is 25.2. The number of carbonyl (C=O) groups is 2. The molecule has 3 aromatic carbocycles. The predicted molar refractivity (Wildman–Crippen MR) is 139 cm³/mol. The average molecular weight is 542 g/mol. The van der Waals surface area contributed by atoms with Crippen LogP contribution in [0.25, 0.3) is 0 Å². The van der Waals surface area contributed by atoms with Crippen molar-refractivity contribution in [1.82, 2.24) is 5.32 Å². The summed E-state index contributed by atoms with van der Waals surface area (Å²) < 4.78 is 16.5. The van der Waals surface area contributed by atoms with Gasteiger partial charge in [-0.1, -0.05) is 29.3 Å². The minimum absolute atomic E-state index is 0.168. The summed E-state index contributed by atoms with van der Waals surface area (Å²) in [4.78, 5) is 23.6. The van der Waals surface area contributed by atoms with E-state index in [0.29, 0.717) is 53.9 Å². The van der Waals surface area contributed by atoms with E-state index in [2.05, 4.69) is 5.32 Å². The molecule has 1 fully saturated rings. The van der Waals surface area contributed by atoms with E-state index in [4.69, 9.17) is 42.5 Å². The van der Waals surface area contributed by atoms with Crippen molar-refractivity contribution in [3.63, 3.8) is 0 Å². The van der Waals surface area contributed by atoms with Gasteiger partial charge in [-0.3, -0.25) is 4.79 Å². The largest absolute Gasteiger partial charge is 0.506 e. The zero-order chi connectivity index (χ0) is 25.9. The number of nitrogens with one attached hydrogen (secondary N) is 1. The van der Waals surface area contributed by atoms with Crippen LogP contribution in [0.1, 0.15) is 58.3 Å². The van der Waals surface area contributed by atoms with Crippen molar-refractivity contribution in [2.24, 2.45) is 0 Å². The number of fused-ring (bicyclic) bond motifs is 1. The third-order valence-corrected chi connectivity index (χ3v) is 6.97. The molecular formula is C28H25Cl2NO6. The van der Waals surface area contributed by atoms with Gasteiger partial charge in [0.05, 0.1) is 11.6 Å². The minimum Gasteiger partial charge on any atom is -0.493 e. The Hall–Kier alpha value is -3.42. The van der Waals surface area contributed by atoms with Crippen molar-refractivity contribution in [2.75, 3.05) is 13.2 Å². The highest BCUT2D eigenvalue weighted by Crippen LogP contribution is 2.43. The summed E-state index contributed by atoms with van der Waals surface area (Å²) >= 11 is 12.6. The molecule has 0 aromatic heterocycles. The van der Waals surface area contributed by atoms with Gasteiger partial charge in [0, 0.05) is 35.2 Å². The zero-order valence-corrected chi connectivity index (χ0v) is 21.3. The average Bonchev–Trinajstić information content (AvgIpc) is 3.71. The molecule has 0 bridgehead atoms. The number of ether oxygens (including phenoxy) is 3. The summed E-state index contributed by atoms with van der Waals surface area (Å²) in [5.74, 6) is 1.72. The van der Waals surface area contributed by atoms with E-state index in [-0.39, 0.29) is 10.9 Å². The van der Waals surface area contributed by atoms with Crippen LogP contribution in [0.5, 0.6) is 17.2 Å². The maximum absolute atomic E-state index is 12.6. The molecule has 2 N–H and O–H groups in total. The number of benzene rings is 3. The summed E-state index contributed by atoms with van der Waals surface area (Å²) in [5, 5.41) is 13.0. The first-order valence-electron chi connectivity index (χ1n) is 12.1. The zero-order valence-electron chi connectivity index (χ0n) is 19.8. The molecule has 1 aliphatic heterocycles. The normalized spacial score (nSPS) is 16.3. The van der Waals surface area contributed by atoms with E-state index in [1.807, 2.05) is 18.2 Å². The van der Waals surface area contributed by atoms with E-state index in [1.165, 1.54) is 24.0 Å². The van der Waals surface area contributed by atoms with Gasteiger partial charge in [-0.15, -0.1) is 0 Å². The van der Waals surface area contributed by atoms with Gasteiger partial charge in [0.1, 0.15) is 23.4 Å². The van der Waals surface area contributed by atoms with Crippen molar-refractivity contribution >= 4 is 35.3 Å². The summed E-state index contributed by atoms with van der Waals surface area (Å²) in [7, 11) is 0. The second kappa shape index (κ2) is 10.9. The second-order valence-corrected chi connectivity index (χ2v) is 9.92. The molecule has 1 saturated carbocycles. The Morgan fingerprint density at radius 2 is 1.78 bits per heavy atom. The maximum Gasteiger partial charge on any atom is 0.506 e. The van der Waals surface area contributed by atoms with Crippen LogP contribution in [0.2, 0.25) is 10.0 Å². The van der Waals surface area contributed by atoms with Gasteiger partial charge < -0.3 is 24.6 Å². The molecule has 0 spiro atoms. The number of halogens is 2. The molecule has 7 nitrogen and oxygen atoms in total. The molecule has 5 rings (SSSR count). The van der Waals surface area contributed by atoms with Gasteiger partial charge in [-0.2, -0.15) is 0 Å². The predicted octanol–water partition coefficient (Wildman–Crippen LogP) is 7.15. The summed E-state index contributed by atoms with van der Waals surface area (Å²) in [5.41, 5.74) is 3.59. The Balaban J connectivity index is 1.19. The van der Waals surface area contributed by atoms with Gasteiger partial charge in [-0.05, 0) is 78.8 Å². The third-order valence-electron chi connectivity index (χ3n) is 6.44. The molecule has 192 valence electrons. The summed E-state index contributed by atoms with van der Waals surface area (Å²) in [6.07, 6.45) is 1.53. The molecule has 9 heteroatoms. The van der Waals surface area contributed by atoms with Crippen molar-refractivity contribution in [2.45, 2.75) is 37.7 Å². The van der Waals surface area contributed by atoms with E-state index in [0.717, 1.165) is 11.4 Å². The highest BCUT2D eigenvalue weighted by atomic mass is 35.5. The van der Waals surface area contributed by atoms with Crippen LogP contribution >= 0.6 is 23.2 Å². The molecular weight excluding hydrogens is 517 g/mol. The topological polar surface area (TPSA) is 94.1 Å². The Labute approximate surface area is 224 Å². The summed E-state index contributed by atoms with van der Waals surface area (Å²) in [6.45, 7) is 0.839. The van der Waals surface area contributed by atoms with Crippen molar-refractivity contribution in [3.05, 3.63) is 86.9 Å². The fraction of sp³-hybridized carbons (Fsp3) is 0.286. The van der Waals surface area contributed by atoms with E-state index < -0.39 is 12.3 Å². The number of carboxylic acid groups (broad SMARTS) is 1. The van der Waals surface area contributed by atoms with E-state index >= 15 is 0 Å². The Morgan fingerprint density at radius 1 is 1.00 bits per heavy atom. The molecule has 1 amide bonds. The molecule has 1 aliphatic carbocycles. The first-order valence-corrected chi connectivity index (χ1v) is 12.8. The van der Waals surface area contributed by atoms with Crippen molar-refractivity contribution in [1.29, 1.82) is 0 Å². The lowest BCUT2D eigenvalue weighted by Gasteiger charge is -2.25. The lowest BCUT2D eigenvalue weighted by molar-refractivity contribution is 0.0326. The standard InChI is InChI=1S/C28H25Cl2NO6/c29-19-6-3-17(21(13-19)16-1-2-16)9-11-31-27(32)18-4-7-20(8-5-18)36-26-15-25-22(14-23(26)30)24(10-12-35-25)37-28(33)34/h3-8,13-16,24H,1-2,9-12H2,(H,31,32)(H,33,34). The molecule has 3 aromatic rings. The number of rotatable bonds is 8. The fourth-order valence-corrected chi connectivity index (χ4v) is 4.85. The first-order chi connectivity index (χ1) is 17.9. The van der Waals surface area contributed by atoms with Crippen LogP contribution in [0.3, 0.4) is 0 Å². The maximum atomic E-state index is 12.6. The molecule has 0 radical (unpaired) electrons. The van der Waals surface area contributed by atoms with Crippen LogP contribution in [0.15, 0.2) is 54.6 Å². The van der Waals surface area contributed by atoms with Gasteiger partial charge in [0.25, 0.3) is 5.91 Å². The lowest BCUT2D eigenvalue weighted by atomic mass is 10.0. The summed E-state index contributed by atoms with van der Waals surface area (Å²) in [6, 6.07) is 15.9. The van der Waals surface area contributed by atoms with Gasteiger partial charge in [0.2, 0.25) is 0 Å². The van der Waals surface area contributed by atoms with Crippen LogP contribution in [-0.2, 0) is 11.2 Å². The Morgan fingerprint density at radius 3 is 2.51 bits per heavy atom. The van der Waals surface area contributed by atoms with Gasteiger partial charge in [0.15, 0.2) is 0 Å². The van der Waals surface area contributed by atoms with Crippen molar-refractivity contribution < 1.29 is 28.9 Å². The number of hydrogen-bond donors (Lipinski definition) is 2. The van der Waals surface area contributed by atoms with Gasteiger partial charge >= 0.3 is 6.16 Å². The minimum atomic E-state index is -1.36. The number of carbonyl (C=O) groups excluding carboxylic acids is 1. The highest BCUT2D eigenvalue weighted by Gasteiger charge is 2.27. The molecule has 0 saturated heterocycles. The van der Waals surface area contributed by atoms with Crippen LogP contribution in [0.4, 0.5) is 4.79 Å². The third kappa shape index (κ3) is 6.12. The van der Waals surface area contributed by atoms with E-state index in [9.17, 15) is 9.59 Å². The van der Waals surface area contributed by atoms with Crippen molar-refractivity contribution in [3.8, 4) is 17.2 Å². The monoisotopic (exact) mass is 541 g/mol. The molecule has 1 atom stereocenters. The second-order valence-electron chi connectivity index (χ2n) is 9.08. The van der Waals surface area contributed by atoms with Crippen LogP contribution in [0, 0.1) is 0 Å². The molecule has 37 heavy (non-hydrogen) atoms. The molecule has 1 heterocycles. The van der Waals surface area contributed by atoms with Crippen LogP contribution in [-0.4, -0.2) is 30.3 Å². The lowest BCUT2D eigenvalue weighted by Crippen LogP contribution is -2.25. The number of hydrogen-bond acceptors (Lipinski definition) is 5. The number of amides is 1. The quantitative estimate of drug-likeness (QED) is 0.294. The smallest absolute Gasteiger partial charge is 0.493 e. The molecule has 1 unspecified atom stereocenters. The highest BCUT2D eigenvalue weighted by molar-refractivity contribution is 6.32. The Bertz CT molecular complexity index is 1320. The van der Waals surface area contributed by atoms with Gasteiger partial charge in [-0.25, -0.2) is 4.79 Å². The SMILES string of the molecule is O=C(O)OC1CCOc2cc(Oc3ccc(C(=O)NCCc4ccc(Cl)cc4C4CC4)cc3)c(Cl)cc21. The van der Waals surface area contributed by atoms with Crippen LogP contribution < -0.4 is 14.8 Å². The fourth-order valence-electron chi connectivity index (χ4n) is 4.46. The van der Waals surface area contributed by atoms with E-state index in [1.54, 1.807) is 36.4 Å². The Kier molecular flexibility index (Phi) is 7.44. The molecule has 2 aliphatic rings.